The third-order valence-corrected chi connectivity index (χ3v) is 1.99. The lowest BCUT2D eigenvalue weighted by Gasteiger charge is -1.99. The number of rotatable bonds is 1. The first-order valence-electron chi connectivity index (χ1n) is 4.06. The molecule has 0 radical (unpaired) electrons. The van der Waals surface area contributed by atoms with Gasteiger partial charge in [0.05, 0.1) is 17.2 Å². The van der Waals surface area contributed by atoms with Crippen LogP contribution in [-0.4, -0.2) is 15.0 Å². The Bertz CT molecular complexity index is 394. The summed E-state index contributed by atoms with van der Waals surface area (Å²) in [6.45, 7) is 4.31. The third kappa shape index (κ3) is 0.978. The minimum atomic E-state index is 0. The Labute approximate surface area is 72.3 Å². The van der Waals surface area contributed by atoms with E-state index in [1.54, 1.807) is 12.5 Å². The van der Waals surface area contributed by atoms with Gasteiger partial charge < -0.3 is 4.98 Å². The third-order valence-electron chi connectivity index (χ3n) is 1.99. The first kappa shape index (κ1) is 7.28. The van der Waals surface area contributed by atoms with Crippen molar-refractivity contribution in [3.63, 3.8) is 0 Å². The average Bonchev–Trinajstić information content (AvgIpc) is 2.47. The fraction of sp³-hybridized carbons (Fsp3) is 0.333. The number of H-pyrrole nitrogens is 1. The number of fused-ring (bicyclic) bond motifs is 1. The van der Waals surface area contributed by atoms with Gasteiger partial charge in [-0.2, -0.15) is 0 Å². The van der Waals surface area contributed by atoms with E-state index in [2.05, 4.69) is 28.8 Å². The molecule has 0 aliphatic carbocycles. The maximum absolute atomic E-state index is 4.22. The van der Waals surface area contributed by atoms with Crippen molar-refractivity contribution < 1.29 is 1.43 Å². The van der Waals surface area contributed by atoms with Gasteiger partial charge in [-0.1, -0.05) is 13.8 Å². The van der Waals surface area contributed by atoms with Crippen molar-refractivity contribution >= 4 is 11.0 Å². The molecule has 2 rings (SSSR count). The van der Waals surface area contributed by atoms with Crippen LogP contribution in [0.2, 0.25) is 0 Å². The molecule has 1 N–H and O–H groups in total. The summed E-state index contributed by atoms with van der Waals surface area (Å²) in [5.41, 5.74) is 3.31. The van der Waals surface area contributed by atoms with Gasteiger partial charge in [-0.25, -0.2) is 9.97 Å². The van der Waals surface area contributed by atoms with E-state index in [4.69, 9.17) is 0 Å². The monoisotopic (exact) mass is 163 g/mol. The van der Waals surface area contributed by atoms with Crippen LogP contribution in [0.3, 0.4) is 0 Å². The summed E-state index contributed by atoms with van der Waals surface area (Å²) in [4.78, 5) is 11.3. The predicted molar refractivity (Wildman–Crippen MR) is 50.1 cm³/mol. The molecular formula is C9H13N3. The van der Waals surface area contributed by atoms with Gasteiger partial charge in [0.2, 0.25) is 0 Å². The van der Waals surface area contributed by atoms with Gasteiger partial charge in [0, 0.05) is 7.62 Å². The van der Waals surface area contributed by atoms with Gasteiger partial charge in [-0.15, -0.1) is 0 Å². The van der Waals surface area contributed by atoms with Crippen LogP contribution in [0.25, 0.3) is 11.0 Å². The molecule has 0 spiro atoms. The normalized spacial score (nSPS) is 11.2. The molecule has 64 valence electrons. The largest absolute Gasteiger partial charge is 0.358 e. The van der Waals surface area contributed by atoms with Crippen LogP contribution in [0.5, 0.6) is 0 Å². The van der Waals surface area contributed by atoms with Crippen LogP contribution < -0.4 is 0 Å². The smallest absolute Gasteiger partial charge is 0.116 e. The van der Waals surface area contributed by atoms with E-state index in [9.17, 15) is 0 Å². The molecule has 0 amide bonds. The molecule has 0 aliphatic rings. The van der Waals surface area contributed by atoms with Crippen LogP contribution >= 0.6 is 0 Å². The van der Waals surface area contributed by atoms with E-state index >= 15 is 0 Å². The molecule has 3 nitrogen and oxygen atoms in total. The van der Waals surface area contributed by atoms with E-state index in [0.717, 1.165) is 11.0 Å². The molecular weight excluding hydrogens is 150 g/mol. The Hall–Kier alpha value is -1.38. The molecule has 0 bridgehead atoms. The summed E-state index contributed by atoms with van der Waals surface area (Å²) in [5, 5.41) is 0. The van der Waals surface area contributed by atoms with Gasteiger partial charge in [-0.05, 0) is 11.5 Å². The molecule has 2 aromatic heterocycles. The number of aromatic amines is 1. The molecule has 0 saturated heterocycles. The minimum Gasteiger partial charge on any atom is -0.358 e. The number of hydrogen-bond acceptors (Lipinski definition) is 2. The first-order valence-corrected chi connectivity index (χ1v) is 4.06. The Morgan fingerprint density at radius 2 is 2.33 bits per heavy atom. The summed E-state index contributed by atoms with van der Waals surface area (Å²) in [5.74, 6) is 0.508. The summed E-state index contributed by atoms with van der Waals surface area (Å²) in [7, 11) is 0. The van der Waals surface area contributed by atoms with E-state index in [1.165, 1.54) is 5.56 Å². The lowest BCUT2D eigenvalue weighted by atomic mass is 10.1. The highest BCUT2D eigenvalue weighted by atomic mass is 14.9. The lowest BCUT2D eigenvalue weighted by Crippen LogP contribution is -1.86. The summed E-state index contributed by atoms with van der Waals surface area (Å²) in [6, 6.07) is 0. The Morgan fingerprint density at radius 3 is 3.08 bits per heavy atom. The molecule has 0 fully saturated rings. The highest BCUT2D eigenvalue weighted by Crippen LogP contribution is 2.21. The molecule has 0 unspecified atom stereocenters. The van der Waals surface area contributed by atoms with E-state index in [-0.39, 0.29) is 1.43 Å². The van der Waals surface area contributed by atoms with Crippen molar-refractivity contribution in [3.05, 3.63) is 24.3 Å². The van der Waals surface area contributed by atoms with Crippen LogP contribution in [0.15, 0.2) is 18.7 Å². The second-order valence-corrected chi connectivity index (χ2v) is 3.18. The second kappa shape index (κ2) is 2.59. The van der Waals surface area contributed by atoms with E-state index in [1.807, 2.05) is 6.20 Å². The number of nitrogens with one attached hydrogen (secondary N) is 1. The minimum absolute atomic E-state index is 0. The quantitative estimate of drug-likeness (QED) is 0.701. The molecule has 2 heterocycles. The zero-order valence-electron chi connectivity index (χ0n) is 7.20. The Balaban J connectivity index is 0.000000845. The average molecular weight is 163 g/mol. The summed E-state index contributed by atoms with van der Waals surface area (Å²) >= 11 is 0. The molecule has 0 aliphatic heterocycles. The van der Waals surface area contributed by atoms with Crippen molar-refractivity contribution in [2.24, 2.45) is 0 Å². The van der Waals surface area contributed by atoms with Crippen molar-refractivity contribution in [3.8, 4) is 0 Å². The van der Waals surface area contributed by atoms with Crippen LogP contribution in [0, 0.1) is 0 Å². The van der Waals surface area contributed by atoms with E-state index < -0.39 is 0 Å². The van der Waals surface area contributed by atoms with Gasteiger partial charge in [0.15, 0.2) is 0 Å². The van der Waals surface area contributed by atoms with Gasteiger partial charge in [0.25, 0.3) is 0 Å². The molecule has 0 saturated carbocycles. The highest BCUT2D eigenvalue weighted by molar-refractivity contribution is 5.78. The van der Waals surface area contributed by atoms with Gasteiger partial charge in [0.1, 0.15) is 6.33 Å². The van der Waals surface area contributed by atoms with Gasteiger partial charge >= 0.3 is 0 Å². The van der Waals surface area contributed by atoms with Crippen molar-refractivity contribution in [1.29, 1.82) is 0 Å². The fourth-order valence-electron chi connectivity index (χ4n) is 1.33. The van der Waals surface area contributed by atoms with Crippen molar-refractivity contribution in [2.45, 2.75) is 19.8 Å². The van der Waals surface area contributed by atoms with E-state index in [0.29, 0.717) is 5.92 Å². The summed E-state index contributed by atoms with van der Waals surface area (Å²) in [6.07, 6.45) is 5.39. The maximum atomic E-state index is 4.22. The van der Waals surface area contributed by atoms with Crippen LogP contribution in [-0.2, 0) is 0 Å². The SMILES string of the molecule is CC(C)c1c[nH]c2cncnc12.[HH]. The second-order valence-electron chi connectivity index (χ2n) is 3.18. The Kier molecular flexibility index (Phi) is 1.57. The topological polar surface area (TPSA) is 41.6 Å². The number of nitrogens with zero attached hydrogens (tertiary/aromatic N) is 2. The standard InChI is InChI=1S/C9H11N3.H2/c1-6(2)7-3-11-8-4-10-5-12-9(7)8;/h3-6,11H,1-2H3;1H. The summed E-state index contributed by atoms with van der Waals surface area (Å²) < 4.78 is 0. The lowest BCUT2D eigenvalue weighted by molar-refractivity contribution is 0.872. The van der Waals surface area contributed by atoms with Crippen molar-refractivity contribution in [1.82, 2.24) is 15.0 Å². The fourth-order valence-corrected chi connectivity index (χ4v) is 1.33. The molecule has 0 aromatic carbocycles. The van der Waals surface area contributed by atoms with Crippen LogP contribution in [0.1, 0.15) is 26.8 Å². The first-order chi connectivity index (χ1) is 5.79. The van der Waals surface area contributed by atoms with Crippen molar-refractivity contribution in [2.75, 3.05) is 0 Å². The molecule has 0 atom stereocenters. The predicted octanol–water partition coefficient (Wildman–Crippen LogP) is 2.33. The van der Waals surface area contributed by atoms with Crippen LogP contribution in [0.4, 0.5) is 0 Å². The number of hydrogen-bond donors (Lipinski definition) is 1. The maximum Gasteiger partial charge on any atom is 0.116 e. The Morgan fingerprint density at radius 1 is 1.50 bits per heavy atom. The highest BCUT2D eigenvalue weighted by Gasteiger charge is 2.06. The van der Waals surface area contributed by atoms with Gasteiger partial charge in [-0.3, -0.25) is 0 Å². The zero-order chi connectivity index (χ0) is 8.55. The molecule has 3 heteroatoms. The zero-order valence-corrected chi connectivity index (χ0v) is 7.20. The molecule has 12 heavy (non-hydrogen) atoms. The molecule has 2 aromatic rings. The number of aromatic nitrogens is 3.